The summed E-state index contributed by atoms with van der Waals surface area (Å²) in [5.74, 6) is -0.493. The van der Waals surface area contributed by atoms with Crippen molar-refractivity contribution < 1.29 is 37.9 Å². The lowest BCUT2D eigenvalue weighted by atomic mass is 10.1. The highest BCUT2D eigenvalue weighted by Crippen LogP contribution is 2.44. The fourth-order valence-electron chi connectivity index (χ4n) is 3.61. The molecule has 0 spiro atoms. The summed E-state index contributed by atoms with van der Waals surface area (Å²) >= 11 is 6.94. The van der Waals surface area contributed by atoms with Gasteiger partial charge in [0.25, 0.3) is 11.6 Å². The molecule has 1 aromatic heterocycles. The van der Waals surface area contributed by atoms with Crippen LogP contribution < -0.4 is 14.8 Å². The molecule has 1 aliphatic rings. The molecule has 0 aliphatic carbocycles. The van der Waals surface area contributed by atoms with Crippen molar-refractivity contribution in [2.45, 2.75) is 13.2 Å². The maximum absolute atomic E-state index is 13.0. The second-order valence-corrected chi connectivity index (χ2v) is 9.56. The molecule has 3 aromatic rings. The number of nitrogens with zero attached hydrogens (tertiary/aromatic N) is 2. The number of nitrogens with one attached hydrogen (secondary N) is 1. The molecule has 0 saturated carbocycles. The first kappa shape index (κ1) is 27.9. The van der Waals surface area contributed by atoms with Crippen LogP contribution in [-0.4, -0.2) is 42.0 Å². The van der Waals surface area contributed by atoms with Crippen LogP contribution in [0.25, 0.3) is 6.08 Å². The zero-order valence-electron chi connectivity index (χ0n) is 20.4. The number of ether oxygens (including phenoxy) is 3. The number of hydrogen-bond donors (Lipinski definition) is 1. The van der Waals surface area contributed by atoms with E-state index in [0.29, 0.717) is 31.6 Å². The summed E-state index contributed by atoms with van der Waals surface area (Å²) in [5, 5.41) is 13.6. The van der Waals surface area contributed by atoms with Gasteiger partial charge >= 0.3 is 12.0 Å². The average molecular weight is 665 g/mol. The number of amides is 3. The fraction of sp³-hybridized carbons (Fsp3) is 0.160. The van der Waals surface area contributed by atoms with Crippen molar-refractivity contribution in [3.63, 3.8) is 0 Å². The van der Waals surface area contributed by atoms with Crippen molar-refractivity contribution in [1.29, 1.82) is 0 Å². The molecule has 1 fully saturated rings. The van der Waals surface area contributed by atoms with E-state index < -0.39 is 22.8 Å². The zero-order chi connectivity index (χ0) is 28.3. The van der Waals surface area contributed by atoms with Crippen LogP contribution in [0.4, 0.5) is 10.5 Å². The Balaban J connectivity index is 1.55. The normalized spacial score (nSPS) is 13.9. The lowest BCUT2D eigenvalue weighted by Crippen LogP contribution is -2.30. The molecule has 0 bridgehead atoms. The standard InChI is InChI=1S/C25H19Br2N3O9/c1-36-19-10-14(20(26)21(27)22(19)38-12-13-4-3-5-15(8-13)30(34)35)9-17-23(31)29(25(33)28-17)11-16-6-7-18(39-16)24(32)37-2/h3-10H,11-12H2,1-2H3,(H,28,33)/b17-9-. The minimum atomic E-state index is -0.680. The topological polar surface area (TPSA) is 150 Å². The van der Waals surface area contributed by atoms with Gasteiger partial charge in [-0.25, -0.2) is 9.59 Å². The van der Waals surface area contributed by atoms with Crippen LogP contribution in [0.3, 0.4) is 0 Å². The van der Waals surface area contributed by atoms with E-state index in [1.54, 1.807) is 18.2 Å². The van der Waals surface area contributed by atoms with E-state index in [9.17, 15) is 24.5 Å². The molecule has 2 heterocycles. The lowest BCUT2D eigenvalue weighted by molar-refractivity contribution is -0.384. The predicted molar refractivity (Wildman–Crippen MR) is 143 cm³/mol. The molecule has 39 heavy (non-hydrogen) atoms. The van der Waals surface area contributed by atoms with E-state index in [1.165, 1.54) is 44.6 Å². The van der Waals surface area contributed by atoms with Gasteiger partial charge in [-0.2, -0.15) is 0 Å². The third-order valence-corrected chi connectivity index (χ3v) is 7.65. The first-order valence-electron chi connectivity index (χ1n) is 11.1. The molecule has 2 aromatic carbocycles. The van der Waals surface area contributed by atoms with Crippen LogP contribution in [0.1, 0.15) is 27.4 Å². The molecule has 0 radical (unpaired) electrons. The van der Waals surface area contributed by atoms with Gasteiger partial charge in [0.1, 0.15) is 18.1 Å². The van der Waals surface area contributed by atoms with Crippen LogP contribution in [0, 0.1) is 10.1 Å². The SMILES string of the molecule is COC(=O)c1ccc(CN2C(=O)N/C(=C\c3cc(OC)c(OCc4cccc([N+](=O)[O-])c4)c(Br)c3Br)C2=O)o1. The second kappa shape index (κ2) is 11.7. The Labute approximate surface area is 237 Å². The molecule has 202 valence electrons. The van der Waals surface area contributed by atoms with Crippen LogP contribution in [0.5, 0.6) is 11.5 Å². The number of furan rings is 1. The van der Waals surface area contributed by atoms with Gasteiger partial charge in [-0.3, -0.25) is 19.8 Å². The van der Waals surface area contributed by atoms with Crippen LogP contribution in [0.2, 0.25) is 0 Å². The van der Waals surface area contributed by atoms with Gasteiger partial charge in [0, 0.05) is 16.6 Å². The number of carbonyl (C=O) groups excluding carboxylic acids is 3. The minimum absolute atomic E-state index is 0.000311. The monoisotopic (exact) mass is 663 g/mol. The maximum atomic E-state index is 13.0. The van der Waals surface area contributed by atoms with Gasteiger partial charge in [-0.1, -0.05) is 12.1 Å². The molecular formula is C25H19Br2N3O9. The van der Waals surface area contributed by atoms with Crippen molar-refractivity contribution in [3.8, 4) is 11.5 Å². The summed E-state index contributed by atoms with van der Waals surface area (Å²) in [7, 11) is 2.64. The highest BCUT2D eigenvalue weighted by molar-refractivity contribution is 9.13. The van der Waals surface area contributed by atoms with E-state index in [2.05, 4.69) is 41.9 Å². The first-order chi connectivity index (χ1) is 18.6. The average Bonchev–Trinajstić information content (AvgIpc) is 3.50. The number of methoxy groups -OCH3 is 2. The van der Waals surface area contributed by atoms with Crippen molar-refractivity contribution >= 4 is 61.5 Å². The minimum Gasteiger partial charge on any atom is -0.493 e. The van der Waals surface area contributed by atoms with E-state index in [-0.39, 0.29) is 36.1 Å². The third kappa shape index (κ3) is 5.96. The number of esters is 1. The summed E-state index contributed by atoms with van der Waals surface area (Å²) in [5.41, 5.74) is 1.01. The number of nitro benzene ring substituents is 1. The number of urea groups is 1. The highest BCUT2D eigenvalue weighted by atomic mass is 79.9. The number of carbonyl (C=O) groups is 3. The number of nitro groups is 1. The number of rotatable bonds is 9. The Morgan fingerprint density at radius 2 is 1.92 bits per heavy atom. The zero-order valence-corrected chi connectivity index (χ0v) is 23.5. The number of benzene rings is 2. The van der Waals surface area contributed by atoms with Crippen molar-refractivity contribution in [2.24, 2.45) is 0 Å². The lowest BCUT2D eigenvalue weighted by Gasteiger charge is -2.16. The molecule has 14 heteroatoms. The Kier molecular flexibility index (Phi) is 8.35. The Morgan fingerprint density at radius 1 is 1.15 bits per heavy atom. The van der Waals surface area contributed by atoms with E-state index in [1.807, 2.05) is 0 Å². The second-order valence-electron chi connectivity index (χ2n) is 7.98. The van der Waals surface area contributed by atoms with E-state index in [4.69, 9.17) is 13.9 Å². The van der Waals surface area contributed by atoms with Crippen LogP contribution in [0.15, 0.2) is 61.5 Å². The summed E-state index contributed by atoms with van der Waals surface area (Å²) < 4.78 is 22.3. The third-order valence-electron chi connectivity index (χ3n) is 5.50. The molecule has 0 unspecified atom stereocenters. The molecule has 1 N–H and O–H groups in total. The largest absolute Gasteiger partial charge is 0.493 e. The number of hydrogen-bond acceptors (Lipinski definition) is 9. The number of imide groups is 1. The molecule has 4 rings (SSSR count). The highest BCUT2D eigenvalue weighted by Gasteiger charge is 2.35. The fourth-order valence-corrected chi connectivity index (χ4v) is 4.56. The van der Waals surface area contributed by atoms with Gasteiger partial charge in [0.2, 0.25) is 5.76 Å². The number of non-ortho nitro benzene ring substituents is 1. The number of halogens is 2. The summed E-state index contributed by atoms with van der Waals surface area (Å²) in [4.78, 5) is 48.6. The van der Waals surface area contributed by atoms with Gasteiger partial charge in [0.05, 0.1) is 30.2 Å². The molecule has 3 amide bonds. The quantitative estimate of drug-likeness (QED) is 0.107. The summed E-state index contributed by atoms with van der Waals surface area (Å²) in [6.45, 7) is -0.172. The van der Waals surface area contributed by atoms with Crippen LogP contribution >= 0.6 is 31.9 Å². The van der Waals surface area contributed by atoms with Gasteiger partial charge in [-0.15, -0.1) is 0 Å². The Hall–Kier alpha value is -4.17. The van der Waals surface area contributed by atoms with Crippen molar-refractivity contribution in [1.82, 2.24) is 10.2 Å². The molecule has 0 atom stereocenters. The predicted octanol–water partition coefficient (Wildman–Crippen LogP) is 5.18. The van der Waals surface area contributed by atoms with Gasteiger partial charge < -0.3 is 23.9 Å². The molecule has 1 aliphatic heterocycles. The smallest absolute Gasteiger partial charge is 0.373 e. The Bertz CT molecular complexity index is 1520. The van der Waals surface area contributed by atoms with Crippen molar-refractivity contribution in [3.05, 3.63) is 89.9 Å². The van der Waals surface area contributed by atoms with Gasteiger partial charge in [0.15, 0.2) is 11.5 Å². The molecule has 1 saturated heterocycles. The Morgan fingerprint density at radius 3 is 2.62 bits per heavy atom. The summed E-state index contributed by atoms with van der Waals surface area (Å²) in [6, 6.07) is 9.85. The van der Waals surface area contributed by atoms with E-state index in [0.717, 1.165) is 4.90 Å². The van der Waals surface area contributed by atoms with Gasteiger partial charge in [-0.05, 0) is 67.3 Å². The molecule has 12 nitrogen and oxygen atoms in total. The summed E-state index contributed by atoms with van der Waals surface area (Å²) in [6.07, 6.45) is 1.46. The van der Waals surface area contributed by atoms with E-state index >= 15 is 0 Å². The maximum Gasteiger partial charge on any atom is 0.373 e. The van der Waals surface area contributed by atoms with Crippen LogP contribution in [-0.2, 0) is 22.7 Å². The van der Waals surface area contributed by atoms with Crippen molar-refractivity contribution in [2.75, 3.05) is 14.2 Å². The molecular weight excluding hydrogens is 646 g/mol. The first-order valence-corrected chi connectivity index (χ1v) is 12.6.